The molecule has 0 saturated heterocycles. The van der Waals surface area contributed by atoms with Gasteiger partial charge in [-0.15, -0.1) is 0 Å². The first-order chi connectivity index (χ1) is 16.5. The second kappa shape index (κ2) is 10.1. The molecule has 6 heteroatoms. The molecule has 0 aliphatic rings. The SMILES string of the molecule is COc1ccc(OC)c(-c2cccc(-c3ccc(NC(=O)c4ccc(N(C)C)cc4)cc3)n2)c1. The maximum Gasteiger partial charge on any atom is 0.255 e. The van der Waals surface area contributed by atoms with Gasteiger partial charge in [-0.2, -0.15) is 0 Å². The fraction of sp³-hybridized carbons (Fsp3) is 0.143. The first kappa shape index (κ1) is 22.9. The van der Waals surface area contributed by atoms with Crippen molar-refractivity contribution in [3.63, 3.8) is 0 Å². The van der Waals surface area contributed by atoms with Crippen molar-refractivity contribution in [2.45, 2.75) is 0 Å². The molecule has 4 rings (SSSR count). The minimum atomic E-state index is -0.150. The Morgan fingerprint density at radius 2 is 1.53 bits per heavy atom. The number of carbonyl (C=O) groups excluding carboxylic acids is 1. The Bertz CT molecular complexity index is 1280. The van der Waals surface area contributed by atoms with Gasteiger partial charge >= 0.3 is 0 Å². The molecule has 0 saturated carbocycles. The standard InChI is InChI=1S/C28H27N3O3/c1-31(2)22-14-10-20(11-15-22)28(32)29-21-12-8-19(9-13-21)25-6-5-7-26(30-25)24-18-23(33-3)16-17-27(24)34-4/h5-18H,1-4H3,(H,29,32). The molecule has 0 atom stereocenters. The molecule has 6 nitrogen and oxygen atoms in total. The van der Waals surface area contributed by atoms with Crippen molar-refractivity contribution < 1.29 is 14.3 Å². The number of hydrogen-bond donors (Lipinski definition) is 1. The van der Waals surface area contributed by atoms with Crippen molar-refractivity contribution >= 4 is 17.3 Å². The Morgan fingerprint density at radius 1 is 0.824 bits per heavy atom. The third kappa shape index (κ3) is 5.02. The lowest BCUT2D eigenvalue weighted by Gasteiger charge is -2.13. The molecule has 0 aliphatic heterocycles. The van der Waals surface area contributed by atoms with E-state index in [1.54, 1.807) is 14.2 Å². The lowest BCUT2D eigenvalue weighted by atomic mass is 10.1. The number of rotatable bonds is 7. The van der Waals surface area contributed by atoms with Crippen molar-refractivity contribution in [2.24, 2.45) is 0 Å². The van der Waals surface area contributed by atoms with Gasteiger partial charge in [-0.25, -0.2) is 4.98 Å². The summed E-state index contributed by atoms with van der Waals surface area (Å²) in [7, 11) is 7.20. The first-order valence-corrected chi connectivity index (χ1v) is 10.9. The van der Waals surface area contributed by atoms with E-state index in [9.17, 15) is 4.79 Å². The predicted molar refractivity (Wildman–Crippen MR) is 137 cm³/mol. The van der Waals surface area contributed by atoms with E-state index < -0.39 is 0 Å². The molecule has 1 N–H and O–H groups in total. The number of carbonyl (C=O) groups is 1. The zero-order chi connectivity index (χ0) is 24.1. The highest BCUT2D eigenvalue weighted by molar-refractivity contribution is 6.04. The van der Waals surface area contributed by atoms with Crippen LogP contribution >= 0.6 is 0 Å². The topological polar surface area (TPSA) is 63.7 Å². The zero-order valence-electron chi connectivity index (χ0n) is 19.7. The van der Waals surface area contributed by atoms with Crippen molar-refractivity contribution in [1.82, 2.24) is 4.98 Å². The fourth-order valence-corrected chi connectivity index (χ4v) is 3.60. The average Bonchev–Trinajstić information content (AvgIpc) is 2.88. The van der Waals surface area contributed by atoms with E-state index in [2.05, 4.69) is 5.32 Å². The van der Waals surface area contributed by atoms with Crippen LogP contribution in [0.2, 0.25) is 0 Å². The summed E-state index contributed by atoms with van der Waals surface area (Å²) < 4.78 is 10.9. The van der Waals surface area contributed by atoms with E-state index in [1.807, 2.05) is 104 Å². The molecule has 1 heterocycles. The summed E-state index contributed by atoms with van der Waals surface area (Å²) in [5.74, 6) is 1.31. The maximum atomic E-state index is 12.6. The van der Waals surface area contributed by atoms with Gasteiger partial charge in [-0.1, -0.05) is 18.2 Å². The largest absolute Gasteiger partial charge is 0.497 e. The average molecular weight is 454 g/mol. The summed E-state index contributed by atoms with van der Waals surface area (Å²) in [4.78, 5) is 19.4. The van der Waals surface area contributed by atoms with E-state index in [0.29, 0.717) is 5.56 Å². The van der Waals surface area contributed by atoms with Crippen LogP contribution in [0, 0.1) is 0 Å². The summed E-state index contributed by atoms with van der Waals surface area (Å²) in [5, 5.41) is 2.95. The monoisotopic (exact) mass is 453 g/mol. The quantitative estimate of drug-likeness (QED) is 0.386. The molecule has 1 amide bonds. The Labute approximate surface area is 199 Å². The Kier molecular flexibility index (Phi) is 6.78. The van der Waals surface area contributed by atoms with Gasteiger partial charge in [0.15, 0.2) is 0 Å². The number of nitrogens with one attached hydrogen (secondary N) is 1. The van der Waals surface area contributed by atoms with Gasteiger partial charge in [-0.3, -0.25) is 4.79 Å². The Morgan fingerprint density at radius 3 is 2.18 bits per heavy atom. The van der Waals surface area contributed by atoms with Crippen LogP contribution < -0.4 is 19.7 Å². The molecule has 0 unspecified atom stereocenters. The molecule has 34 heavy (non-hydrogen) atoms. The summed E-state index contributed by atoms with van der Waals surface area (Å²) in [6.45, 7) is 0. The lowest BCUT2D eigenvalue weighted by Crippen LogP contribution is -2.13. The number of benzene rings is 3. The number of amides is 1. The zero-order valence-corrected chi connectivity index (χ0v) is 19.7. The minimum Gasteiger partial charge on any atom is -0.497 e. The molecule has 0 aliphatic carbocycles. The van der Waals surface area contributed by atoms with Gasteiger partial charge < -0.3 is 19.7 Å². The van der Waals surface area contributed by atoms with Crippen LogP contribution in [0.25, 0.3) is 22.5 Å². The number of nitrogens with zero attached hydrogens (tertiary/aromatic N) is 2. The maximum absolute atomic E-state index is 12.6. The third-order valence-corrected chi connectivity index (χ3v) is 5.52. The van der Waals surface area contributed by atoms with Crippen molar-refractivity contribution in [3.8, 4) is 34.0 Å². The van der Waals surface area contributed by atoms with E-state index in [1.165, 1.54) is 0 Å². The number of pyridine rings is 1. The Hall–Kier alpha value is -4.32. The number of methoxy groups -OCH3 is 2. The predicted octanol–water partition coefficient (Wildman–Crippen LogP) is 5.75. The second-order valence-electron chi connectivity index (χ2n) is 7.95. The molecule has 0 radical (unpaired) electrons. The van der Waals surface area contributed by atoms with E-state index in [-0.39, 0.29) is 5.91 Å². The smallest absolute Gasteiger partial charge is 0.255 e. The van der Waals surface area contributed by atoms with Crippen LogP contribution in [-0.4, -0.2) is 39.2 Å². The van der Waals surface area contributed by atoms with Crippen LogP contribution in [0.3, 0.4) is 0 Å². The van der Waals surface area contributed by atoms with E-state index in [0.717, 1.165) is 45.4 Å². The highest BCUT2D eigenvalue weighted by Crippen LogP contribution is 2.33. The lowest BCUT2D eigenvalue weighted by molar-refractivity contribution is 0.102. The number of aromatic nitrogens is 1. The van der Waals surface area contributed by atoms with Crippen molar-refractivity contribution in [2.75, 3.05) is 38.5 Å². The number of ether oxygens (including phenoxy) is 2. The normalized spacial score (nSPS) is 10.5. The number of hydrogen-bond acceptors (Lipinski definition) is 5. The van der Waals surface area contributed by atoms with Crippen molar-refractivity contribution in [1.29, 1.82) is 0 Å². The highest BCUT2D eigenvalue weighted by atomic mass is 16.5. The summed E-state index contributed by atoms with van der Waals surface area (Å²) in [5.41, 5.74) is 5.77. The van der Waals surface area contributed by atoms with Crippen LogP contribution in [0.4, 0.5) is 11.4 Å². The van der Waals surface area contributed by atoms with Gasteiger partial charge in [0.25, 0.3) is 5.91 Å². The van der Waals surface area contributed by atoms with Crippen LogP contribution in [-0.2, 0) is 0 Å². The Balaban J connectivity index is 1.53. The molecule has 1 aromatic heterocycles. The fourth-order valence-electron chi connectivity index (χ4n) is 3.60. The second-order valence-corrected chi connectivity index (χ2v) is 7.95. The van der Waals surface area contributed by atoms with Gasteiger partial charge in [-0.05, 0) is 66.7 Å². The molecule has 0 spiro atoms. The van der Waals surface area contributed by atoms with Gasteiger partial charge in [0.05, 0.1) is 25.6 Å². The molecule has 172 valence electrons. The summed E-state index contributed by atoms with van der Waals surface area (Å²) >= 11 is 0. The molecule has 3 aromatic carbocycles. The van der Waals surface area contributed by atoms with Gasteiger partial charge in [0.1, 0.15) is 11.5 Å². The summed E-state index contributed by atoms with van der Waals surface area (Å²) in [6, 6.07) is 26.6. The highest BCUT2D eigenvalue weighted by Gasteiger charge is 2.11. The molecular formula is C28H27N3O3. The van der Waals surface area contributed by atoms with Gasteiger partial charge in [0, 0.05) is 42.2 Å². The van der Waals surface area contributed by atoms with Crippen LogP contribution in [0.15, 0.2) is 84.9 Å². The third-order valence-electron chi connectivity index (χ3n) is 5.52. The molecule has 4 aromatic rings. The molecular weight excluding hydrogens is 426 g/mol. The van der Waals surface area contributed by atoms with Crippen LogP contribution in [0.5, 0.6) is 11.5 Å². The molecule has 0 fully saturated rings. The van der Waals surface area contributed by atoms with Gasteiger partial charge in [0.2, 0.25) is 0 Å². The van der Waals surface area contributed by atoms with E-state index in [4.69, 9.17) is 14.5 Å². The van der Waals surface area contributed by atoms with Crippen LogP contribution in [0.1, 0.15) is 10.4 Å². The first-order valence-electron chi connectivity index (χ1n) is 10.9. The number of anilines is 2. The minimum absolute atomic E-state index is 0.150. The van der Waals surface area contributed by atoms with Crippen molar-refractivity contribution in [3.05, 3.63) is 90.5 Å². The van der Waals surface area contributed by atoms with E-state index >= 15 is 0 Å². The molecule has 0 bridgehead atoms. The summed E-state index contributed by atoms with van der Waals surface area (Å²) in [6.07, 6.45) is 0.